The molecule has 0 spiro atoms. The summed E-state index contributed by atoms with van der Waals surface area (Å²) in [6, 6.07) is 4.39. The van der Waals surface area contributed by atoms with E-state index in [4.69, 9.17) is 4.74 Å². The molecular weight excluding hydrogens is 216 g/mol. The molecule has 5 heteroatoms. The van der Waals surface area contributed by atoms with Crippen molar-refractivity contribution < 1.29 is 4.74 Å². The number of anilines is 1. The quantitative estimate of drug-likeness (QED) is 0.874. The Kier molecular flexibility index (Phi) is 2.48. The van der Waals surface area contributed by atoms with Gasteiger partial charge in [-0.2, -0.15) is 9.61 Å². The number of hydrogen-bond acceptors (Lipinski definition) is 4. The zero-order valence-corrected chi connectivity index (χ0v) is 10.1. The highest BCUT2D eigenvalue weighted by molar-refractivity contribution is 5.50. The Labute approximate surface area is 99.8 Å². The summed E-state index contributed by atoms with van der Waals surface area (Å²) < 4.78 is 7.01. The van der Waals surface area contributed by atoms with Gasteiger partial charge < -0.3 is 10.1 Å². The first-order valence-corrected chi connectivity index (χ1v) is 5.93. The molecule has 0 radical (unpaired) electrons. The van der Waals surface area contributed by atoms with Crippen molar-refractivity contribution in [2.45, 2.75) is 25.8 Å². The second-order valence-corrected chi connectivity index (χ2v) is 4.70. The summed E-state index contributed by atoms with van der Waals surface area (Å²) in [4.78, 5) is 4.58. The molecule has 2 aromatic rings. The van der Waals surface area contributed by atoms with Crippen LogP contribution >= 0.6 is 0 Å². The van der Waals surface area contributed by atoms with Crippen molar-refractivity contribution in [2.24, 2.45) is 0 Å². The van der Waals surface area contributed by atoms with Gasteiger partial charge in [-0.05, 0) is 5.92 Å². The molecular formula is C12H16N4O. The maximum Gasteiger partial charge on any atom is 0.157 e. The number of aromatic nitrogens is 3. The Morgan fingerprint density at radius 3 is 2.94 bits per heavy atom. The van der Waals surface area contributed by atoms with E-state index in [1.54, 1.807) is 6.20 Å². The summed E-state index contributed by atoms with van der Waals surface area (Å²) in [5.74, 6) is 1.41. The average Bonchev–Trinajstić information content (AvgIpc) is 2.70. The number of nitrogens with zero attached hydrogens (tertiary/aromatic N) is 3. The first kappa shape index (κ1) is 10.5. The van der Waals surface area contributed by atoms with Crippen molar-refractivity contribution >= 4 is 11.5 Å². The molecule has 0 atom stereocenters. The van der Waals surface area contributed by atoms with E-state index >= 15 is 0 Å². The molecule has 1 aliphatic rings. The predicted octanol–water partition coefficient (Wildman–Crippen LogP) is 1.66. The number of nitrogens with one attached hydrogen (secondary N) is 1. The van der Waals surface area contributed by atoms with Gasteiger partial charge in [0.05, 0.1) is 25.5 Å². The van der Waals surface area contributed by atoms with E-state index in [9.17, 15) is 0 Å². The van der Waals surface area contributed by atoms with Crippen LogP contribution in [0.15, 0.2) is 18.3 Å². The molecule has 3 rings (SSSR count). The Balaban J connectivity index is 2.02. The van der Waals surface area contributed by atoms with Crippen LogP contribution in [0.2, 0.25) is 0 Å². The fourth-order valence-electron chi connectivity index (χ4n) is 1.86. The molecule has 1 fully saturated rings. The van der Waals surface area contributed by atoms with E-state index < -0.39 is 0 Å². The predicted molar refractivity (Wildman–Crippen MR) is 65.3 cm³/mol. The standard InChI is InChI=1S/C12H16N4O/c1-8(2)10-5-12(14-9-6-17-7-9)16-11(15-10)3-4-13-16/h3-5,8-9,14H,6-7H2,1-2H3. The highest BCUT2D eigenvalue weighted by Gasteiger charge is 2.19. The van der Waals surface area contributed by atoms with E-state index in [0.717, 1.165) is 30.4 Å². The summed E-state index contributed by atoms with van der Waals surface area (Å²) in [5.41, 5.74) is 1.97. The van der Waals surface area contributed by atoms with Crippen molar-refractivity contribution in [1.82, 2.24) is 14.6 Å². The number of rotatable bonds is 3. The van der Waals surface area contributed by atoms with Crippen LogP contribution in [0.3, 0.4) is 0 Å². The Hall–Kier alpha value is -1.62. The molecule has 2 aromatic heterocycles. The molecule has 0 unspecified atom stereocenters. The SMILES string of the molecule is CC(C)c1cc(NC2COC2)n2nccc2n1. The third-order valence-electron chi connectivity index (χ3n) is 2.96. The second-order valence-electron chi connectivity index (χ2n) is 4.70. The lowest BCUT2D eigenvalue weighted by Crippen LogP contribution is -2.40. The van der Waals surface area contributed by atoms with Crippen LogP contribution in [0.4, 0.5) is 5.82 Å². The van der Waals surface area contributed by atoms with E-state index in [1.807, 2.05) is 10.6 Å². The van der Waals surface area contributed by atoms with Gasteiger partial charge in [0.15, 0.2) is 5.65 Å². The largest absolute Gasteiger partial charge is 0.377 e. The van der Waals surface area contributed by atoms with Gasteiger partial charge in [-0.3, -0.25) is 0 Å². The summed E-state index contributed by atoms with van der Waals surface area (Å²) in [7, 11) is 0. The highest BCUT2D eigenvalue weighted by Crippen LogP contribution is 2.20. The zero-order chi connectivity index (χ0) is 11.8. The third-order valence-corrected chi connectivity index (χ3v) is 2.96. The Morgan fingerprint density at radius 2 is 2.29 bits per heavy atom. The summed E-state index contributed by atoms with van der Waals surface area (Å²) in [6.07, 6.45) is 1.77. The van der Waals surface area contributed by atoms with Gasteiger partial charge in [-0.15, -0.1) is 0 Å². The molecule has 90 valence electrons. The summed E-state index contributed by atoms with van der Waals surface area (Å²) >= 11 is 0. The molecule has 0 aliphatic carbocycles. The Bertz CT molecular complexity index is 530. The topological polar surface area (TPSA) is 51.5 Å². The smallest absolute Gasteiger partial charge is 0.157 e. The van der Waals surface area contributed by atoms with Crippen molar-refractivity contribution in [3.8, 4) is 0 Å². The number of ether oxygens (including phenoxy) is 1. The van der Waals surface area contributed by atoms with Crippen molar-refractivity contribution in [2.75, 3.05) is 18.5 Å². The van der Waals surface area contributed by atoms with Crippen LogP contribution in [0.25, 0.3) is 5.65 Å². The van der Waals surface area contributed by atoms with Gasteiger partial charge in [0.1, 0.15) is 5.82 Å². The fraction of sp³-hybridized carbons (Fsp3) is 0.500. The molecule has 0 saturated carbocycles. The lowest BCUT2D eigenvalue weighted by atomic mass is 10.1. The molecule has 17 heavy (non-hydrogen) atoms. The van der Waals surface area contributed by atoms with Gasteiger partial charge in [-0.25, -0.2) is 4.98 Å². The minimum absolute atomic E-state index is 0.393. The molecule has 5 nitrogen and oxygen atoms in total. The molecule has 1 N–H and O–H groups in total. The van der Waals surface area contributed by atoms with Gasteiger partial charge in [0, 0.05) is 17.8 Å². The van der Waals surface area contributed by atoms with Gasteiger partial charge in [-0.1, -0.05) is 13.8 Å². The third kappa shape index (κ3) is 1.86. The molecule has 3 heterocycles. The summed E-state index contributed by atoms with van der Waals surface area (Å²) in [5, 5.41) is 7.72. The monoisotopic (exact) mass is 232 g/mol. The van der Waals surface area contributed by atoms with E-state index in [-0.39, 0.29) is 0 Å². The summed E-state index contributed by atoms with van der Waals surface area (Å²) in [6.45, 7) is 5.82. The zero-order valence-electron chi connectivity index (χ0n) is 10.1. The average molecular weight is 232 g/mol. The van der Waals surface area contributed by atoms with Gasteiger partial charge in [0.25, 0.3) is 0 Å². The molecule has 0 aromatic carbocycles. The first-order valence-electron chi connectivity index (χ1n) is 5.93. The maximum atomic E-state index is 5.17. The van der Waals surface area contributed by atoms with Crippen LogP contribution < -0.4 is 5.32 Å². The van der Waals surface area contributed by atoms with Crippen molar-refractivity contribution in [3.63, 3.8) is 0 Å². The molecule has 0 amide bonds. The maximum absolute atomic E-state index is 5.17. The van der Waals surface area contributed by atoms with Gasteiger partial charge in [0.2, 0.25) is 0 Å². The van der Waals surface area contributed by atoms with Crippen LogP contribution in [0, 0.1) is 0 Å². The Morgan fingerprint density at radius 1 is 1.47 bits per heavy atom. The molecule has 1 aliphatic heterocycles. The van der Waals surface area contributed by atoms with E-state index in [1.165, 1.54) is 0 Å². The van der Waals surface area contributed by atoms with Crippen LogP contribution in [0.5, 0.6) is 0 Å². The molecule has 0 bridgehead atoms. The van der Waals surface area contributed by atoms with Crippen molar-refractivity contribution in [1.29, 1.82) is 0 Å². The van der Waals surface area contributed by atoms with E-state index in [2.05, 4.69) is 35.3 Å². The lowest BCUT2D eigenvalue weighted by molar-refractivity contribution is 0.0208. The lowest BCUT2D eigenvalue weighted by Gasteiger charge is -2.28. The van der Waals surface area contributed by atoms with Crippen LogP contribution in [-0.2, 0) is 4.74 Å². The van der Waals surface area contributed by atoms with Gasteiger partial charge >= 0.3 is 0 Å². The highest BCUT2D eigenvalue weighted by atomic mass is 16.5. The van der Waals surface area contributed by atoms with Crippen LogP contribution in [-0.4, -0.2) is 33.9 Å². The van der Waals surface area contributed by atoms with E-state index in [0.29, 0.717) is 12.0 Å². The number of fused-ring (bicyclic) bond motifs is 1. The normalized spacial score (nSPS) is 16.4. The number of hydrogen-bond donors (Lipinski definition) is 1. The minimum atomic E-state index is 0.393. The first-order chi connectivity index (χ1) is 8.24. The minimum Gasteiger partial charge on any atom is -0.377 e. The fourth-order valence-corrected chi connectivity index (χ4v) is 1.86. The second kappa shape index (κ2) is 4.00. The van der Waals surface area contributed by atoms with Crippen LogP contribution in [0.1, 0.15) is 25.5 Å². The molecule has 1 saturated heterocycles. The van der Waals surface area contributed by atoms with Crippen molar-refractivity contribution in [3.05, 3.63) is 24.0 Å².